The standard InChI is InChI=1S/C18H32N2O3/c1-5-6-7-8-9-12-16(19-18(22)23-14(2)3)17(21)20-13-10-11-15(20)4/h5,14-16H,1,6-13H2,2-4H3,(H,19,22)/t15-,16+/m1/s1. The third-order valence-electron chi connectivity index (χ3n) is 4.17. The van der Waals surface area contributed by atoms with E-state index in [-0.39, 0.29) is 18.1 Å². The topological polar surface area (TPSA) is 58.6 Å². The van der Waals surface area contributed by atoms with E-state index in [1.54, 1.807) is 13.8 Å². The molecule has 23 heavy (non-hydrogen) atoms. The summed E-state index contributed by atoms with van der Waals surface area (Å²) < 4.78 is 5.13. The van der Waals surface area contributed by atoms with E-state index in [4.69, 9.17) is 4.74 Å². The van der Waals surface area contributed by atoms with Gasteiger partial charge >= 0.3 is 6.09 Å². The summed E-state index contributed by atoms with van der Waals surface area (Å²) in [5, 5.41) is 2.76. The molecule has 0 spiro atoms. The van der Waals surface area contributed by atoms with Crippen LogP contribution >= 0.6 is 0 Å². The monoisotopic (exact) mass is 324 g/mol. The van der Waals surface area contributed by atoms with Gasteiger partial charge in [-0.1, -0.05) is 18.9 Å². The number of carbonyl (C=O) groups is 2. The van der Waals surface area contributed by atoms with Crippen LogP contribution in [0.25, 0.3) is 0 Å². The van der Waals surface area contributed by atoms with Crippen LogP contribution in [0, 0.1) is 0 Å². The van der Waals surface area contributed by atoms with Crippen LogP contribution < -0.4 is 5.32 Å². The molecule has 2 atom stereocenters. The Balaban J connectivity index is 2.57. The van der Waals surface area contributed by atoms with Crippen LogP contribution in [-0.2, 0) is 9.53 Å². The van der Waals surface area contributed by atoms with Gasteiger partial charge < -0.3 is 15.0 Å². The molecular formula is C18H32N2O3. The zero-order valence-corrected chi connectivity index (χ0v) is 14.8. The van der Waals surface area contributed by atoms with Crippen LogP contribution in [0.4, 0.5) is 4.79 Å². The van der Waals surface area contributed by atoms with E-state index in [1.807, 2.05) is 11.0 Å². The largest absolute Gasteiger partial charge is 0.447 e. The average Bonchev–Trinajstić information content (AvgIpc) is 2.90. The lowest BCUT2D eigenvalue weighted by Gasteiger charge is -2.27. The Morgan fingerprint density at radius 2 is 2.09 bits per heavy atom. The highest BCUT2D eigenvalue weighted by molar-refractivity contribution is 5.86. The summed E-state index contributed by atoms with van der Waals surface area (Å²) in [6.07, 6.45) is 7.95. The van der Waals surface area contributed by atoms with E-state index in [2.05, 4.69) is 18.8 Å². The number of carbonyl (C=O) groups excluding carboxylic acids is 2. The molecule has 1 aliphatic rings. The molecule has 1 rings (SSSR count). The summed E-state index contributed by atoms with van der Waals surface area (Å²) >= 11 is 0. The highest BCUT2D eigenvalue weighted by Gasteiger charge is 2.31. The maximum Gasteiger partial charge on any atom is 0.408 e. The number of nitrogens with zero attached hydrogens (tertiary/aromatic N) is 1. The fourth-order valence-electron chi connectivity index (χ4n) is 2.92. The van der Waals surface area contributed by atoms with Gasteiger partial charge in [0.05, 0.1) is 6.10 Å². The van der Waals surface area contributed by atoms with E-state index >= 15 is 0 Å². The second-order valence-electron chi connectivity index (χ2n) is 6.60. The first-order valence-electron chi connectivity index (χ1n) is 8.84. The summed E-state index contributed by atoms with van der Waals surface area (Å²) in [4.78, 5) is 26.5. The van der Waals surface area contributed by atoms with Gasteiger partial charge in [0.25, 0.3) is 0 Å². The van der Waals surface area contributed by atoms with Gasteiger partial charge in [-0.3, -0.25) is 4.79 Å². The Hall–Kier alpha value is -1.52. The summed E-state index contributed by atoms with van der Waals surface area (Å²) in [5.41, 5.74) is 0. The lowest BCUT2D eigenvalue weighted by atomic mass is 10.1. The number of ether oxygens (including phenoxy) is 1. The van der Waals surface area contributed by atoms with Crippen molar-refractivity contribution in [2.24, 2.45) is 0 Å². The smallest absolute Gasteiger partial charge is 0.408 e. The van der Waals surface area contributed by atoms with Crippen LogP contribution in [-0.4, -0.2) is 41.6 Å². The zero-order valence-electron chi connectivity index (χ0n) is 14.8. The van der Waals surface area contributed by atoms with Crippen LogP contribution in [0.15, 0.2) is 12.7 Å². The lowest BCUT2D eigenvalue weighted by Crippen LogP contribution is -2.50. The molecular weight excluding hydrogens is 292 g/mol. The molecule has 0 aliphatic carbocycles. The second-order valence-corrected chi connectivity index (χ2v) is 6.60. The fraction of sp³-hybridized carbons (Fsp3) is 0.778. The molecule has 1 N–H and O–H groups in total. The number of rotatable bonds is 9. The van der Waals surface area contributed by atoms with Crippen LogP contribution in [0.3, 0.4) is 0 Å². The summed E-state index contributed by atoms with van der Waals surface area (Å²) in [6, 6.07) is -0.223. The average molecular weight is 324 g/mol. The molecule has 0 unspecified atom stereocenters. The fourth-order valence-corrected chi connectivity index (χ4v) is 2.92. The van der Waals surface area contributed by atoms with Crippen molar-refractivity contribution >= 4 is 12.0 Å². The van der Waals surface area contributed by atoms with E-state index < -0.39 is 12.1 Å². The number of hydrogen-bond acceptors (Lipinski definition) is 3. The Kier molecular flexibility index (Phi) is 8.74. The Morgan fingerprint density at radius 3 is 2.65 bits per heavy atom. The van der Waals surface area contributed by atoms with Gasteiger partial charge in [0.15, 0.2) is 0 Å². The molecule has 132 valence electrons. The Labute approximate surface area is 140 Å². The number of hydrogen-bond donors (Lipinski definition) is 1. The van der Waals surface area contributed by atoms with Gasteiger partial charge in [-0.15, -0.1) is 6.58 Å². The number of allylic oxidation sites excluding steroid dienone is 1. The van der Waals surface area contributed by atoms with Gasteiger partial charge in [0.1, 0.15) is 6.04 Å². The van der Waals surface area contributed by atoms with Crippen molar-refractivity contribution in [3.05, 3.63) is 12.7 Å². The van der Waals surface area contributed by atoms with E-state index in [9.17, 15) is 9.59 Å². The molecule has 1 heterocycles. The highest BCUT2D eigenvalue weighted by atomic mass is 16.6. The number of alkyl carbamates (subject to hydrolysis) is 1. The normalized spacial score (nSPS) is 18.8. The first kappa shape index (κ1) is 19.5. The quantitative estimate of drug-likeness (QED) is 0.520. The molecule has 0 aromatic heterocycles. The van der Waals surface area contributed by atoms with Crippen LogP contribution in [0.5, 0.6) is 0 Å². The maximum absolute atomic E-state index is 12.7. The van der Waals surface area contributed by atoms with E-state index in [0.717, 1.165) is 45.1 Å². The lowest BCUT2D eigenvalue weighted by molar-refractivity contribution is -0.134. The van der Waals surface area contributed by atoms with Crippen LogP contribution in [0.2, 0.25) is 0 Å². The van der Waals surface area contributed by atoms with Crippen molar-refractivity contribution < 1.29 is 14.3 Å². The molecule has 1 fully saturated rings. The molecule has 1 saturated heterocycles. The van der Waals surface area contributed by atoms with Crippen molar-refractivity contribution in [3.63, 3.8) is 0 Å². The van der Waals surface area contributed by atoms with Crippen molar-refractivity contribution in [3.8, 4) is 0 Å². The van der Waals surface area contributed by atoms with Gasteiger partial charge in [-0.05, 0) is 52.9 Å². The number of nitrogens with one attached hydrogen (secondary N) is 1. The minimum Gasteiger partial charge on any atom is -0.447 e. The predicted molar refractivity (Wildman–Crippen MR) is 92.2 cm³/mol. The van der Waals surface area contributed by atoms with Crippen molar-refractivity contribution in [2.75, 3.05) is 6.54 Å². The van der Waals surface area contributed by atoms with Gasteiger partial charge in [-0.2, -0.15) is 0 Å². The SMILES string of the molecule is C=CCCCCC[C@H](NC(=O)OC(C)C)C(=O)N1CCC[C@H]1C. The van der Waals surface area contributed by atoms with Gasteiger partial charge in [-0.25, -0.2) is 4.79 Å². The molecule has 0 aromatic carbocycles. The van der Waals surface area contributed by atoms with E-state index in [1.165, 1.54) is 0 Å². The third kappa shape index (κ3) is 7.06. The first-order valence-corrected chi connectivity index (χ1v) is 8.84. The third-order valence-corrected chi connectivity index (χ3v) is 4.17. The predicted octanol–water partition coefficient (Wildman–Crippen LogP) is 3.64. The highest BCUT2D eigenvalue weighted by Crippen LogP contribution is 2.19. The zero-order chi connectivity index (χ0) is 17.2. The second kappa shape index (κ2) is 10.3. The summed E-state index contributed by atoms with van der Waals surface area (Å²) in [6.45, 7) is 10.2. The Morgan fingerprint density at radius 1 is 1.35 bits per heavy atom. The Bertz CT molecular complexity index is 396. The van der Waals surface area contributed by atoms with Gasteiger partial charge in [0.2, 0.25) is 5.91 Å². The number of amides is 2. The molecule has 2 amide bonds. The van der Waals surface area contributed by atoms with Gasteiger partial charge in [0, 0.05) is 12.6 Å². The van der Waals surface area contributed by atoms with Crippen molar-refractivity contribution in [1.82, 2.24) is 10.2 Å². The number of unbranched alkanes of at least 4 members (excludes halogenated alkanes) is 3. The minimum atomic E-state index is -0.503. The molecule has 5 heteroatoms. The molecule has 1 aliphatic heterocycles. The van der Waals surface area contributed by atoms with Crippen LogP contribution in [0.1, 0.15) is 65.7 Å². The molecule has 5 nitrogen and oxygen atoms in total. The maximum atomic E-state index is 12.7. The molecule has 0 saturated carbocycles. The molecule has 0 radical (unpaired) electrons. The minimum absolute atomic E-state index is 0.0272. The summed E-state index contributed by atoms with van der Waals surface area (Å²) in [7, 11) is 0. The summed E-state index contributed by atoms with van der Waals surface area (Å²) in [5.74, 6) is 0.0272. The van der Waals surface area contributed by atoms with E-state index in [0.29, 0.717) is 6.42 Å². The first-order chi connectivity index (χ1) is 11.0. The molecule has 0 aromatic rings. The number of likely N-dealkylation sites (tertiary alicyclic amines) is 1. The molecule has 0 bridgehead atoms. The van der Waals surface area contributed by atoms with Crippen molar-refractivity contribution in [1.29, 1.82) is 0 Å². The van der Waals surface area contributed by atoms with Crippen molar-refractivity contribution in [2.45, 2.75) is 83.9 Å².